The number of rotatable bonds is 6. The number of carbonyl (C=O) groups is 1. The van der Waals surface area contributed by atoms with Crippen LogP contribution < -0.4 is 16.0 Å². The minimum absolute atomic E-state index is 0.0241. The molecule has 3 aliphatic rings. The third kappa shape index (κ3) is 3.20. The summed E-state index contributed by atoms with van der Waals surface area (Å²) in [6.07, 6.45) is 9.25. The molecule has 1 saturated heterocycles. The van der Waals surface area contributed by atoms with Gasteiger partial charge in [0.2, 0.25) is 0 Å². The Bertz CT molecular complexity index is 574. The molecule has 5 nitrogen and oxygen atoms in total. The van der Waals surface area contributed by atoms with E-state index >= 15 is 0 Å². The van der Waals surface area contributed by atoms with Crippen LogP contribution in [0.3, 0.4) is 0 Å². The molecule has 2 heterocycles. The van der Waals surface area contributed by atoms with Crippen molar-refractivity contribution in [3.05, 3.63) is 23.9 Å². The Morgan fingerprint density at radius 1 is 1.35 bits per heavy atom. The topological polar surface area (TPSA) is 66.0 Å². The molecule has 4 rings (SSSR count). The summed E-state index contributed by atoms with van der Waals surface area (Å²) in [5, 5.41) is 10.1. The van der Waals surface area contributed by atoms with Gasteiger partial charge in [-0.25, -0.2) is 4.98 Å². The van der Waals surface area contributed by atoms with E-state index in [1.165, 1.54) is 38.5 Å². The number of amides is 1. The molecule has 0 aromatic carbocycles. The van der Waals surface area contributed by atoms with E-state index in [9.17, 15) is 4.79 Å². The number of nitrogens with one attached hydrogen (secondary N) is 3. The smallest absolute Gasteiger partial charge is 0.251 e. The summed E-state index contributed by atoms with van der Waals surface area (Å²) < 4.78 is 0. The molecule has 3 fully saturated rings. The molecule has 1 unspecified atom stereocenters. The number of hydrogen-bond acceptors (Lipinski definition) is 4. The largest absolute Gasteiger partial charge is 0.367 e. The number of carbonyl (C=O) groups excluding carboxylic acids is 1. The first-order valence-corrected chi connectivity index (χ1v) is 8.97. The van der Waals surface area contributed by atoms with Crippen molar-refractivity contribution < 1.29 is 4.79 Å². The fourth-order valence-corrected chi connectivity index (χ4v) is 3.87. The molecule has 2 saturated carbocycles. The maximum Gasteiger partial charge on any atom is 0.251 e. The molecule has 124 valence electrons. The van der Waals surface area contributed by atoms with Crippen LogP contribution in [0.25, 0.3) is 0 Å². The Morgan fingerprint density at radius 3 is 2.87 bits per heavy atom. The molecule has 1 aromatic rings. The van der Waals surface area contributed by atoms with Gasteiger partial charge in [-0.1, -0.05) is 0 Å². The van der Waals surface area contributed by atoms with Crippen molar-refractivity contribution in [1.82, 2.24) is 15.6 Å². The van der Waals surface area contributed by atoms with Crippen LogP contribution in [0.5, 0.6) is 0 Å². The number of pyridine rings is 1. The zero-order chi connectivity index (χ0) is 15.7. The normalized spacial score (nSPS) is 27.5. The fourth-order valence-electron chi connectivity index (χ4n) is 3.87. The highest BCUT2D eigenvalue weighted by Crippen LogP contribution is 2.48. The van der Waals surface area contributed by atoms with Crippen LogP contribution in [0.15, 0.2) is 18.3 Å². The molecule has 5 heteroatoms. The molecule has 1 aliphatic heterocycles. The Kier molecular flexibility index (Phi) is 3.97. The lowest BCUT2D eigenvalue weighted by Crippen LogP contribution is -2.40. The molecular weight excluding hydrogens is 288 g/mol. The molecule has 1 amide bonds. The molecule has 2 aliphatic carbocycles. The van der Waals surface area contributed by atoms with Crippen molar-refractivity contribution in [2.75, 3.05) is 25.0 Å². The van der Waals surface area contributed by atoms with E-state index in [0.29, 0.717) is 11.6 Å². The SMILES string of the molecule is O=C(NCC1(C2CC2)CCNC1)c1ccnc(NC2CCC2)c1. The van der Waals surface area contributed by atoms with Gasteiger partial charge in [0.15, 0.2) is 0 Å². The van der Waals surface area contributed by atoms with Crippen LogP contribution in [-0.2, 0) is 0 Å². The highest BCUT2D eigenvalue weighted by atomic mass is 16.1. The predicted octanol–water partition coefficient (Wildman–Crippen LogP) is 2.17. The van der Waals surface area contributed by atoms with Crippen LogP contribution in [0.2, 0.25) is 0 Å². The molecule has 23 heavy (non-hydrogen) atoms. The maximum absolute atomic E-state index is 12.5. The summed E-state index contributed by atoms with van der Waals surface area (Å²) in [4.78, 5) is 16.9. The quantitative estimate of drug-likeness (QED) is 0.753. The van der Waals surface area contributed by atoms with E-state index in [4.69, 9.17) is 0 Å². The standard InChI is InChI=1S/C18H26N4O/c23-17(21-12-18(14-4-5-14)7-9-19-11-18)13-6-8-20-16(10-13)22-15-2-1-3-15/h6,8,10,14-15,19H,1-5,7,9,11-12H2,(H,20,22)(H,21,23). The molecule has 0 bridgehead atoms. The molecular formula is C18H26N4O. The van der Waals surface area contributed by atoms with Gasteiger partial charge in [0.05, 0.1) is 0 Å². The van der Waals surface area contributed by atoms with Gasteiger partial charge in [-0.05, 0) is 63.1 Å². The average molecular weight is 314 g/mol. The van der Waals surface area contributed by atoms with Crippen molar-refractivity contribution >= 4 is 11.7 Å². The molecule has 0 radical (unpaired) electrons. The van der Waals surface area contributed by atoms with Gasteiger partial charge >= 0.3 is 0 Å². The maximum atomic E-state index is 12.5. The van der Waals surface area contributed by atoms with Crippen LogP contribution in [0.4, 0.5) is 5.82 Å². The third-order valence-corrected chi connectivity index (χ3v) is 5.80. The van der Waals surface area contributed by atoms with E-state index in [-0.39, 0.29) is 11.3 Å². The predicted molar refractivity (Wildman–Crippen MR) is 90.5 cm³/mol. The summed E-state index contributed by atoms with van der Waals surface area (Å²) in [5.74, 6) is 1.64. The Hall–Kier alpha value is -1.62. The summed E-state index contributed by atoms with van der Waals surface area (Å²) in [7, 11) is 0. The fraction of sp³-hybridized carbons (Fsp3) is 0.667. The second-order valence-corrected chi connectivity index (χ2v) is 7.45. The minimum atomic E-state index is 0.0241. The Morgan fingerprint density at radius 2 is 2.22 bits per heavy atom. The highest BCUT2D eigenvalue weighted by molar-refractivity contribution is 5.94. The Labute approximate surface area is 137 Å². The Balaban J connectivity index is 1.37. The summed E-state index contributed by atoms with van der Waals surface area (Å²) in [6, 6.07) is 4.21. The van der Waals surface area contributed by atoms with Crippen molar-refractivity contribution in [3.63, 3.8) is 0 Å². The number of hydrogen-bond donors (Lipinski definition) is 3. The zero-order valence-electron chi connectivity index (χ0n) is 13.6. The lowest BCUT2D eigenvalue weighted by atomic mass is 9.81. The van der Waals surface area contributed by atoms with E-state index in [2.05, 4.69) is 20.9 Å². The number of aromatic nitrogens is 1. The van der Waals surface area contributed by atoms with Crippen LogP contribution in [0.1, 0.15) is 48.9 Å². The first-order valence-electron chi connectivity index (χ1n) is 8.97. The van der Waals surface area contributed by atoms with Crippen molar-refractivity contribution in [3.8, 4) is 0 Å². The summed E-state index contributed by atoms with van der Waals surface area (Å²) >= 11 is 0. The van der Waals surface area contributed by atoms with Crippen LogP contribution >= 0.6 is 0 Å². The highest BCUT2D eigenvalue weighted by Gasteiger charge is 2.46. The first kappa shape index (κ1) is 14.9. The van der Waals surface area contributed by atoms with E-state index in [1.807, 2.05) is 6.07 Å². The molecule has 1 atom stereocenters. The van der Waals surface area contributed by atoms with Gasteiger partial charge in [0.25, 0.3) is 5.91 Å². The lowest BCUT2D eigenvalue weighted by Gasteiger charge is -2.28. The number of nitrogens with zero attached hydrogens (tertiary/aromatic N) is 1. The second-order valence-electron chi connectivity index (χ2n) is 7.45. The summed E-state index contributed by atoms with van der Waals surface area (Å²) in [6.45, 7) is 2.91. The molecule has 0 spiro atoms. The zero-order valence-corrected chi connectivity index (χ0v) is 13.6. The monoisotopic (exact) mass is 314 g/mol. The average Bonchev–Trinajstić information content (AvgIpc) is 3.29. The van der Waals surface area contributed by atoms with Gasteiger partial charge < -0.3 is 16.0 Å². The number of anilines is 1. The van der Waals surface area contributed by atoms with Crippen LogP contribution in [0, 0.1) is 11.3 Å². The first-order chi connectivity index (χ1) is 11.3. The van der Waals surface area contributed by atoms with Crippen molar-refractivity contribution in [2.45, 2.75) is 44.6 Å². The third-order valence-electron chi connectivity index (χ3n) is 5.80. The molecule has 3 N–H and O–H groups in total. The second kappa shape index (κ2) is 6.11. The summed E-state index contributed by atoms with van der Waals surface area (Å²) in [5.41, 5.74) is 0.995. The van der Waals surface area contributed by atoms with E-state index in [1.54, 1.807) is 12.3 Å². The lowest BCUT2D eigenvalue weighted by molar-refractivity contribution is 0.0927. The van der Waals surface area contributed by atoms with Crippen molar-refractivity contribution in [2.24, 2.45) is 11.3 Å². The minimum Gasteiger partial charge on any atom is -0.367 e. The van der Waals surface area contributed by atoms with Gasteiger partial charge in [-0.15, -0.1) is 0 Å². The van der Waals surface area contributed by atoms with E-state index < -0.39 is 0 Å². The van der Waals surface area contributed by atoms with Crippen molar-refractivity contribution in [1.29, 1.82) is 0 Å². The van der Waals surface area contributed by atoms with Gasteiger partial charge in [0, 0.05) is 36.3 Å². The van der Waals surface area contributed by atoms with Gasteiger partial charge in [-0.3, -0.25) is 4.79 Å². The van der Waals surface area contributed by atoms with E-state index in [0.717, 1.165) is 31.4 Å². The molecule has 1 aromatic heterocycles. The van der Waals surface area contributed by atoms with Gasteiger partial charge in [0.1, 0.15) is 5.82 Å². The van der Waals surface area contributed by atoms with Crippen LogP contribution in [-0.4, -0.2) is 36.6 Å². The van der Waals surface area contributed by atoms with Gasteiger partial charge in [-0.2, -0.15) is 0 Å².